The van der Waals surface area contributed by atoms with E-state index in [1.165, 1.54) is 61.3 Å². The van der Waals surface area contributed by atoms with Gasteiger partial charge in [-0.15, -0.1) is 0 Å². The Hall–Kier alpha value is -2.34. The zero-order valence-electron chi connectivity index (χ0n) is 27.0. The molecule has 3 aliphatic carbocycles. The lowest BCUT2D eigenvalue weighted by Crippen LogP contribution is -2.58. The molecule has 0 fully saturated rings. The fraction of sp³-hybridized carbons (Fsp3) is 0.538. The van der Waals surface area contributed by atoms with Crippen LogP contribution in [0.4, 0.5) is 0 Å². The summed E-state index contributed by atoms with van der Waals surface area (Å²) in [4.78, 5) is 0. The molecule has 210 valence electrons. The molecule has 0 aromatic heterocycles. The summed E-state index contributed by atoms with van der Waals surface area (Å²) in [6.45, 7) is 44.8. The molecule has 0 saturated carbocycles. The van der Waals surface area contributed by atoms with Gasteiger partial charge >= 0.3 is 0 Å². The number of benzene rings is 1. The van der Waals surface area contributed by atoms with Crippen LogP contribution in [0.3, 0.4) is 0 Å². The summed E-state index contributed by atoms with van der Waals surface area (Å²) in [5.41, 5.74) is 16.4. The van der Waals surface area contributed by atoms with Crippen molar-refractivity contribution in [3.05, 3.63) is 99.7 Å². The van der Waals surface area contributed by atoms with Crippen molar-refractivity contribution < 1.29 is 0 Å². The van der Waals surface area contributed by atoms with E-state index in [4.69, 9.17) is 13.2 Å². The quantitative estimate of drug-likeness (QED) is 0.326. The zero-order chi connectivity index (χ0) is 29.4. The summed E-state index contributed by atoms with van der Waals surface area (Å²) in [6.07, 6.45) is 4.40. The third kappa shape index (κ3) is 3.76. The lowest BCUT2D eigenvalue weighted by molar-refractivity contribution is -0.0260. The first-order valence-corrected chi connectivity index (χ1v) is 15.3. The van der Waals surface area contributed by atoms with Gasteiger partial charge in [0.2, 0.25) is 0 Å². The van der Waals surface area contributed by atoms with E-state index in [0.29, 0.717) is 17.8 Å². The molecule has 1 aromatic rings. The summed E-state index contributed by atoms with van der Waals surface area (Å²) in [7, 11) is 0. The Bertz CT molecular complexity index is 1350. The summed E-state index contributed by atoms with van der Waals surface area (Å²) in [6, 6.07) is 4.85. The molecule has 0 saturated heterocycles. The van der Waals surface area contributed by atoms with Gasteiger partial charge in [0.05, 0.1) is 0 Å². The van der Waals surface area contributed by atoms with Crippen LogP contribution >= 0.6 is 0 Å². The van der Waals surface area contributed by atoms with E-state index in [-0.39, 0.29) is 16.2 Å². The Kier molecular flexibility index (Phi) is 7.33. The summed E-state index contributed by atoms with van der Waals surface area (Å²) in [5, 5.41) is 0. The summed E-state index contributed by atoms with van der Waals surface area (Å²) < 4.78 is 0. The van der Waals surface area contributed by atoms with Crippen molar-refractivity contribution in [1.82, 2.24) is 0 Å². The number of hydrogen-bond acceptors (Lipinski definition) is 0. The van der Waals surface area contributed by atoms with E-state index in [1.54, 1.807) is 0 Å². The number of hydrogen-bond donors (Lipinski definition) is 0. The summed E-state index contributed by atoms with van der Waals surface area (Å²) in [5.74, 6) is 1.33. The van der Waals surface area contributed by atoms with Crippen LogP contribution in [0.15, 0.2) is 77.5 Å². The van der Waals surface area contributed by atoms with Crippen molar-refractivity contribution in [1.29, 1.82) is 0 Å². The van der Waals surface area contributed by atoms with E-state index >= 15 is 0 Å². The van der Waals surface area contributed by atoms with Crippen LogP contribution in [0.25, 0.3) is 5.57 Å². The average Bonchev–Trinajstić information content (AvgIpc) is 2.85. The monoisotopic (exact) mass is 522 g/mol. The molecule has 0 nitrogen and oxygen atoms in total. The van der Waals surface area contributed by atoms with Crippen molar-refractivity contribution in [2.45, 2.75) is 108 Å². The zero-order valence-corrected chi connectivity index (χ0v) is 27.0. The molecule has 0 amide bonds. The summed E-state index contributed by atoms with van der Waals surface area (Å²) >= 11 is 0. The molecular formula is C39H54. The Labute approximate surface area is 240 Å². The molecule has 0 aliphatic heterocycles. The fourth-order valence-electron chi connectivity index (χ4n) is 9.45. The van der Waals surface area contributed by atoms with Gasteiger partial charge in [-0.3, -0.25) is 0 Å². The third-order valence-corrected chi connectivity index (χ3v) is 12.4. The van der Waals surface area contributed by atoms with Crippen LogP contribution in [-0.4, -0.2) is 0 Å². The molecule has 0 spiro atoms. The minimum Gasteiger partial charge on any atom is -0.0996 e. The topological polar surface area (TPSA) is 0 Å². The van der Waals surface area contributed by atoms with E-state index in [2.05, 4.69) is 101 Å². The van der Waals surface area contributed by atoms with Gasteiger partial charge in [-0.05, 0) is 115 Å². The van der Waals surface area contributed by atoms with Crippen LogP contribution in [0.2, 0.25) is 0 Å². The van der Waals surface area contributed by atoms with Crippen molar-refractivity contribution >= 4 is 5.57 Å². The second kappa shape index (κ2) is 9.64. The lowest BCUT2D eigenvalue weighted by atomic mass is 9.36. The molecule has 0 heteroatoms. The molecule has 0 heterocycles. The minimum atomic E-state index is -0.146. The first-order valence-electron chi connectivity index (χ1n) is 15.3. The van der Waals surface area contributed by atoms with Crippen LogP contribution in [0, 0.1) is 35.0 Å². The smallest absolute Gasteiger partial charge is 0.0196 e. The Morgan fingerprint density at radius 3 is 2.23 bits per heavy atom. The van der Waals surface area contributed by atoms with E-state index < -0.39 is 0 Å². The van der Waals surface area contributed by atoms with Crippen molar-refractivity contribution in [2.75, 3.05) is 0 Å². The van der Waals surface area contributed by atoms with E-state index in [9.17, 15) is 0 Å². The maximum Gasteiger partial charge on any atom is 0.0196 e. The van der Waals surface area contributed by atoms with Crippen molar-refractivity contribution in [2.24, 2.45) is 28.1 Å². The van der Waals surface area contributed by atoms with Crippen molar-refractivity contribution in [3.8, 4) is 0 Å². The molecule has 1 aromatic carbocycles. The van der Waals surface area contributed by atoms with Crippen LogP contribution in [-0.2, 0) is 6.42 Å². The normalized spacial score (nSPS) is 33.0. The highest BCUT2D eigenvalue weighted by Crippen LogP contribution is 2.74. The lowest BCUT2D eigenvalue weighted by Gasteiger charge is -2.67. The fourth-order valence-corrected chi connectivity index (χ4v) is 9.45. The predicted molar refractivity (Wildman–Crippen MR) is 173 cm³/mol. The van der Waals surface area contributed by atoms with Crippen LogP contribution in [0.5, 0.6) is 0 Å². The standard InChI is InChI=1S/C39H54/c1-16-17-23(4)24(5)20-32-18-19-33-28(9)38(14)31(12)37(13)21-25(6)34(22(2)3)29(10)39(37,15)30(11)36(38)27(8)35(33)26(32)7/h18-19,24,28,31H,2,4,8,10,16-17,20-21H2,1,3,5-7,9,11-15H3/t24?,28-,31+,37+,38-,39-/m1/s1. The second-order valence-electron chi connectivity index (χ2n) is 14.2. The molecule has 0 bridgehead atoms. The number of fused-ring (bicyclic) bond motifs is 3. The largest absolute Gasteiger partial charge is 0.0996 e. The Morgan fingerprint density at radius 2 is 1.67 bits per heavy atom. The minimum absolute atomic E-state index is 0.000371. The average molecular weight is 523 g/mol. The van der Waals surface area contributed by atoms with Crippen LogP contribution in [0.1, 0.15) is 117 Å². The van der Waals surface area contributed by atoms with Gasteiger partial charge < -0.3 is 0 Å². The molecule has 1 unspecified atom stereocenters. The van der Waals surface area contributed by atoms with E-state index in [1.807, 2.05) is 0 Å². The second-order valence-corrected chi connectivity index (χ2v) is 14.2. The molecule has 0 radical (unpaired) electrons. The van der Waals surface area contributed by atoms with Gasteiger partial charge in [-0.2, -0.15) is 0 Å². The highest BCUT2D eigenvalue weighted by atomic mass is 14.7. The predicted octanol–water partition coefficient (Wildman–Crippen LogP) is 11.5. The van der Waals surface area contributed by atoms with Crippen LogP contribution < -0.4 is 0 Å². The molecule has 6 atom stereocenters. The maximum absolute atomic E-state index is 4.90. The van der Waals surface area contributed by atoms with Gasteiger partial charge in [0, 0.05) is 10.8 Å². The highest BCUT2D eigenvalue weighted by molar-refractivity contribution is 5.88. The van der Waals surface area contributed by atoms with Crippen molar-refractivity contribution in [3.63, 3.8) is 0 Å². The van der Waals surface area contributed by atoms with Gasteiger partial charge in [0.25, 0.3) is 0 Å². The first-order chi connectivity index (χ1) is 18.0. The van der Waals surface area contributed by atoms with Gasteiger partial charge in [0.1, 0.15) is 0 Å². The van der Waals surface area contributed by atoms with Gasteiger partial charge in [0.15, 0.2) is 0 Å². The molecular weight excluding hydrogens is 468 g/mol. The van der Waals surface area contributed by atoms with E-state index in [0.717, 1.165) is 31.3 Å². The molecule has 3 aliphatic rings. The van der Waals surface area contributed by atoms with Gasteiger partial charge in [-0.1, -0.05) is 116 Å². The first kappa shape index (κ1) is 29.6. The maximum atomic E-state index is 4.90. The molecule has 4 rings (SSSR count). The molecule has 0 N–H and O–H groups in total. The molecule has 39 heavy (non-hydrogen) atoms. The number of rotatable bonds is 6. The Balaban J connectivity index is 1.95. The Morgan fingerprint density at radius 1 is 1.05 bits per heavy atom. The highest BCUT2D eigenvalue weighted by Gasteiger charge is 2.64. The third-order valence-electron chi connectivity index (χ3n) is 12.4. The van der Waals surface area contributed by atoms with Gasteiger partial charge in [-0.25, -0.2) is 0 Å². The number of allylic oxidation sites excluding steroid dienone is 8. The SMILES string of the molecule is C=C(C)C1=C(C)C[C@@]2(C)[C@H](C)[C@]3(C)C(=C(C)[C@@]2(C)C1=C)C(=C)c1c(ccc(CC(C)C(=C)CCC)c1C)[C@H]3C.